The Bertz CT molecular complexity index is 1090. The Balaban J connectivity index is 1.39. The number of ether oxygens (including phenoxy) is 2. The topological polar surface area (TPSA) is 42.0 Å². The maximum Gasteiger partial charge on any atom is 0.260 e. The van der Waals surface area contributed by atoms with Gasteiger partial charge in [0.15, 0.2) is 6.61 Å². The largest absolute Gasteiger partial charge is 0.496 e. The van der Waals surface area contributed by atoms with Gasteiger partial charge in [0.05, 0.1) is 7.11 Å². The first-order chi connectivity index (χ1) is 15.5. The highest BCUT2D eigenvalue weighted by Crippen LogP contribution is 2.33. The fraction of sp³-hybridized carbons (Fsp3) is 0.346. The molecule has 2 atom stereocenters. The van der Waals surface area contributed by atoms with E-state index in [-0.39, 0.29) is 30.4 Å². The Kier molecular flexibility index (Phi) is 6.61. The lowest BCUT2D eigenvalue weighted by Crippen LogP contribution is -2.58. The lowest BCUT2D eigenvalue weighted by atomic mass is 10.1. The number of benzene rings is 3. The van der Waals surface area contributed by atoms with Crippen molar-refractivity contribution in [3.8, 4) is 11.5 Å². The van der Waals surface area contributed by atoms with Crippen molar-refractivity contribution in [1.29, 1.82) is 0 Å². The Morgan fingerprint density at radius 2 is 1.59 bits per heavy atom. The molecule has 6 heteroatoms. The van der Waals surface area contributed by atoms with Crippen LogP contribution in [0.25, 0.3) is 10.8 Å². The molecule has 3 aromatic carbocycles. The number of methoxy groups -OCH3 is 1. The molecule has 3 aromatic rings. The van der Waals surface area contributed by atoms with Gasteiger partial charge in [-0.25, -0.2) is 4.39 Å². The number of hydrogen-bond donors (Lipinski definition) is 0. The number of nitrogens with zero attached hydrogens (tertiary/aromatic N) is 2. The van der Waals surface area contributed by atoms with Gasteiger partial charge in [-0.15, -0.1) is 0 Å². The SMILES string of the molecule is COc1ccc(OCC(=O)N2CC(C)N(Cc3ccc(F)cc3)CC2C)c2ccccc12. The molecule has 32 heavy (non-hydrogen) atoms. The van der Waals surface area contributed by atoms with Crippen molar-refractivity contribution >= 4 is 16.7 Å². The average Bonchev–Trinajstić information content (AvgIpc) is 2.80. The summed E-state index contributed by atoms with van der Waals surface area (Å²) in [6.07, 6.45) is 0. The first kappa shape index (κ1) is 22.1. The summed E-state index contributed by atoms with van der Waals surface area (Å²) in [7, 11) is 1.64. The number of piperazine rings is 1. The minimum Gasteiger partial charge on any atom is -0.496 e. The summed E-state index contributed by atoms with van der Waals surface area (Å²) in [5.74, 6) is 1.20. The third-order valence-electron chi connectivity index (χ3n) is 6.15. The van der Waals surface area contributed by atoms with E-state index in [1.807, 2.05) is 53.4 Å². The molecule has 1 heterocycles. The zero-order chi connectivity index (χ0) is 22.7. The van der Waals surface area contributed by atoms with E-state index in [0.717, 1.165) is 35.2 Å². The second-order valence-corrected chi connectivity index (χ2v) is 8.40. The average molecular weight is 437 g/mol. The maximum atomic E-state index is 13.2. The summed E-state index contributed by atoms with van der Waals surface area (Å²) in [4.78, 5) is 17.2. The molecule has 168 valence electrons. The number of fused-ring (bicyclic) bond motifs is 1. The molecule has 0 bridgehead atoms. The van der Waals surface area contributed by atoms with Gasteiger partial charge in [0, 0.05) is 42.5 Å². The first-order valence-corrected chi connectivity index (χ1v) is 10.9. The van der Waals surface area contributed by atoms with Crippen LogP contribution in [0.3, 0.4) is 0 Å². The quantitative estimate of drug-likeness (QED) is 0.571. The van der Waals surface area contributed by atoms with Crippen LogP contribution in [0.15, 0.2) is 60.7 Å². The van der Waals surface area contributed by atoms with E-state index in [2.05, 4.69) is 18.7 Å². The number of carbonyl (C=O) groups excluding carboxylic acids is 1. The van der Waals surface area contributed by atoms with E-state index < -0.39 is 0 Å². The zero-order valence-corrected chi connectivity index (χ0v) is 18.8. The molecule has 1 amide bonds. The second kappa shape index (κ2) is 9.57. The lowest BCUT2D eigenvalue weighted by molar-refractivity contribution is -0.139. The van der Waals surface area contributed by atoms with Crippen LogP contribution in [-0.4, -0.2) is 54.6 Å². The molecule has 0 spiro atoms. The fourth-order valence-corrected chi connectivity index (χ4v) is 4.36. The van der Waals surface area contributed by atoms with Gasteiger partial charge in [-0.3, -0.25) is 9.69 Å². The number of amides is 1. The molecule has 0 aromatic heterocycles. The third kappa shape index (κ3) is 4.70. The normalized spacial score (nSPS) is 19.2. The molecule has 0 radical (unpaired) electrons. The van der Waals surface area contributed by atoms with E-state index >= 15 is 0 Å². The summed E-state index contributed by atoms with van der Waals surface area (Å²) < 4.78 is 24.6. The number of carbonyl (C=O) groups is 1. The molecule has 5 nitrogen and oxygen atoms in total. The van der Waals surface area contributed by atoms with Crippen LogP contribution in [0.1, 0.15) is 19.4 Å². The van der Waals surface area contributed by atoms with Gasteiger partial charge >= 0.3 is 0 Å². The monoisotopic (exact) mass is 436 g/mol. The van der Waals surface area contributed by atoms with Crippen LogP contribution in [0.2, 0.25) is 0 Å². The highest BCUT2D eigenvalue weighted by molar-refractivity contribution is 5.93. The highest BCUT2D eigenvalue weighted by Gasteiger charge is 2.32. The van der Waals surface area contributed by atoms with Gasteiger partial charge in [-0.05, 0) is 43.7 Å². The molecular formula is C26H29FN2O3. The van der Waals surface area contributed by atoms with Crippen molar-refractivity contribution in [3.63, 3.8) is 0 Å². The molecule has 0 N–H and O–H groups in total. The van der Waals surface area contributed by atoms with Crippen molar-refractivity contribution in [2.45, 2.75) is 32.5 Å². The van der Waals surface area contributed by atoms with Crippen LogP contribution in [0.5, 0.6) is 11.5 Å². The molecule has 1 aliphatic heterocycles. The van der Waals surface area contributed by atoms with Gasteiger partial charge in [0.1, 0.15) is 17.3 Å². The molecule has 0 saturated carbocycles. The van der Waals surface area contributed by atoms with Crippen LogP contribution in [-0.2, 0) is 11.3 Å². The van der Waals surface area contributed by atoms with Gasteiger partial charge in [-0.1, -0.05) is 36.4 Å². The highest BCUT2D eigenvalue weighted by atomic mass is 19.1. The van der Waals surface area contributed by atoms with Crippen LogP contribution >= 0.6 is 0 Å². The number of halogens is 1. The van der Waals surface area contributed by atoms with Gasteiger partial charge in [0.2, 0.25) is 0 Å². The Hall–Kier alpha value is -3.12. The fourth-order valence-electron chi connectivity index (χ4n) is 4.36. The second-order valence-electron chi connectivity index (χ2n) is 8.40. The van der Waals surface area contributed by atoms with Gasteiger partial charge in [-0.2, -0.15) is 0 Å². The molecule has 1 saturated heterocycles. The molecule has 1 aliphatic rings. The van der Waals surface area contributed by atoms with Crippen molar-refractivity contribution in [3.05, 3.63) is 72.0 Å². The van der Waals surface area contributed by atoms with Crippen molar-refractivity contribution < 1.29 is 18.7 Å². The van der Waals surface area contributed by atoms with Crippen molar-refractivity contribution in [2.24, 2.45) is 0 Å². The zero-order valence-electron chi connectivity index (χ0n) is 18.8. The number of rotatable bonds is 6. The standard InChI is InChI=1S/C26H29FN2O3/c1-18-15-29(19(2)14-28(18)16-20-8-10-21(27)11-9-20)26(30)17-32-25-13-12-24(31-3)22-6-4-5-7-23(22)25/h4-13,18-19H,14-17H2,1-3H3. The molecule has 0 aliphatic carbocycles. The Morgan fingerprint density at radius 1 is 0.938 bits per heavy atom. The molecule has 4 rings (SSSR count). The molecular weight excluding hydrogens is 407 g/mol. The van der Waals surface area contributed by atoms with Crippen LogP contribution in [0, 0.1) is 5.82 Å². The van der Waals surface area contributed by atoms with Crippen molar-refractivity contribution in [2.75, 3.05) is 26.8 Å². The van der Waals surface area contributed by atoms with Crippen molar-refractivity contribution in [1.82, 2.24) is 9.80 Å². The Labute approximate surface area is 188 Å². The molecule has 1 fully saturated rings. The van der Waals surface area contributed by atoms with Crippen LogP contribution in [0.4, 0.5) is 4.39 Å². The van der Waals surface area contributed by atoms with E-state index in [9.17, 15) is 9.18 Å². The lowest BCUT2D eigenvalue weighted by Gasteiger charge is -2.44. The smallest absolute Gasteiger partial charge is 0.260 e. The third-order valence-corrected chi connectivity index (χ3v) is 6.15. The Morgan fingerprint density at radius 3 is 2.28 bits per heavy atom. The van der Waals surface area contributed by atoms with E-state index in [4.69, 9.17) is 9.47 Å². The minimum absolute atomic E-state index is 0.00859. The minimum atomic E-state index is -0.227. The van der Waals surface area contributed by atoms with E-state index in [0.29, 0.717) is 12.3 Å². The summed E-state index contributed by atoms with van der Waals surface area (Å²) >= 11 is 0. The first-order valence-electron chi connectivity index (χ1n) is 10.9. The van der Waals surface area contributed by atoms with Gasteiger partial charge < -0.3 is 14.4 Å². The van der Waals surface area contributed by atoms with E-state index in [1.54, 1.807) is 7.11 Å². The number of hydrogen-bond acceptors (Lipinski definition) is 4. The van der Waals surface area contributed by atoms with Gasteiger partial charge in [0.25, 0.3) is 5.91 Å². The van der Waals surface area contributed by atoms with E-state index in [1.165, 1.54) is 12.1 Å². The summed E-state index contributed by atoms with van der Waals surface area (Å²) in [5, 5.41) is 1.88. The van der Waals surface area contributed by atoms with Crippen LogP contribution < -0.4 is 9.47 Å². The summed E-state index contributed by atoms with van der Waals surface area (Å²) in [6.45, 7) is 6.30. The maximum absolute atomic E-state index is 13.2. The predicted molar refractivity (Wildman–Crippen MR) is 123 cm³/mol. The summed E-state index contributed by atoms with van der Waals surface area (Å²) in [5.41, 5.74) is 1.07. The predicted octanol–water partition coefficient (Wildman–Crippen LogP) is 4.49. The summed E-state index contributed by atoms with van der Waals surface area (Å²) in [6, 6.07) is 18.4. The molecule has 2 unspecified atom stereocenters.